The molecule has 2 rings (SSSR count). The molecule has 1 aromatic carbocycles. The molecule has 4 heteroatoms. The van der Waals surface area contributed by atoms with Crippen molar-refractivity contribution in [2.24, 2.45) is 4.99 Å². The molecule has 0 saturated carbocycles. The van der Waals surface area contributed by atoms with Gasteiger partial charge in [0.25, 0.3) is 0 Å². The molecule has 1 unspecified atom stereocenters. The minimum atomic E-state index is 0.474. The van der Waals surface area contributed by atoms with Gasteiger partial charge in [0.1, 0.15) is 0 Å². The molecule has 92 valence electrons. The van der Waals surface area contributed by atoms with Gasteiger partial charge in [-0.1, -0.05) is 17.7 Å². The van der Waals surface area contributed by atoms with E-state index in [0.29, 0.717) is 6.04 Å². The van der Waals surface area contributed by atoms with Crippen LogP contribution in [0.5, 0.6) is 0 Å². The maximum absolute atomic E-state index is 4.36. The predicted molar refractivity (Wildman–Crippen MR) is 74.8 cm³/mol. The fourth-order valence-electron chi connectivity index (χ4n) is 1.63. The van der Waals surface area contributed by atoms with E-state index in [1.54, 1.807) is 0 Å². The summed E-state index contributed by atoms with van der Waals surface area (Å²) in [6.45, 7) is 6.07. The maximum atomic E-state index is 4.36. The van der Waals surface area contributed by atoms with Crippen LogP contribution in [0.3, 0.4) is 0 Å². The summed E-state index contributed by atoms with van der Waals surface area (Å²) in [5.41, 5.74) is 1.31. The Bertz CT molecular complexity index is 386. The van der Waals surface area contributed by atoms with Gasteiger partial charge in [-0.15, -0.1) is 11.8 Å². The number of thioether (sulfide) groups is 1. The Morgan fingerprint density at radius 2 is 2.18 bits per heavy atom. The standard InChI is InChI=1S/C13H19N3S/c1-10-3-5-12(6-4-10)17-8-7-14-13-15-9-11(2)16-13/h3-6,11H,7-9H2,1-2H3,(H2,14,15,16). The first-order valence-corrected chi connectivity index (χ1v) is 6.97. The number of nitrogens with zero attached hydrogens (tertiary/aromatic N) is 1. The van der Waals surface area contributed by atoms with Crippen LogP contribution in [0.4, 0.5) is 0 Å². The summed E-state index contributed by atoms with van der Waals surface area (Å²) in [5, 5.41) is 6.60. The van der Waals surface area contributed by atoms with Crippen LogP contribution in [-0.4, -0.2) is 30.8 Å². The molecule has 3 nitrogen and oxygen atoms in total. The van der Waals surface area contributed by atoms with Gasteiger partial charge < -0.3 is 10.6 Å². The Morgan fingerprint density at radius 1 is 1.41 bits per heavy atom. The number of guanidine groups is 1. The van der Waals surface area contributed by atoms with E-state index in [-0.39, 0.29) is 0 Å². The summed E-state index contributed by atoms with van der Waals surface area (Å²) < 4.78 is 0. The number of hydrogen-bond acceptors (Lipinski definition) is 4. The molecule has 1 aliphatic rings. The minimum absolute atomic E-state index is 0.474. The van der Waals surface area contributed by atoms with Gasteiger partial charge in [0.2, 0.25) is 0 Å². The van der Waals surface area contributed by atoms with Crippen LogP contribution in [0.15, 0.2) is 34.2 Å². The van der Waals surface area contributed by atoms with Crippen LogP contribution < -0.4 is 10.6 Å². The van der Waals surface area contributed by atoms with Crippen molar-refractivity contribution >= 4 is 17.7 Å². The third-order valence-electron chi connectivity index (χ3n) is 2.59. The van der Waals surface area contributed by atoms with E-state index in [4.69, 9.17) is 0 Å². The molecule has 1 aliphatic heterocycles. The van der Waals surface area contributed by atoms with E-state index in [1.165, 1.54) is 10.5 Å². The summed E-state index contributed by atoms with van der Waals surface area (Å²) in [4.78, 5) is 5.68. The van der Waals surface area contributed by atoms with Gasteiger partial charge in [-0.05, 0) is 26.0 Å². The van der Waals surface area contributed by atoms with Crippen LogP contribution in [0, 0.1) is 6.92 Å². The van der Waals surface area contributed by atoms with E-state index < -0.39 is 0 Å². The van der Waals surface area contributed by atoms with E-state index in [2.05, 4.69) is 53.7 Å². The molecular formula is C13H19N3S. The monoisotopic (exact) mass is 249 g/mol. The topological polar surface area (TPSA) is 36.4 Å². The second kappa shape index (κ2) is 5.96. The molecule has 0 aliphatic carbocycles. The number of hydrogen-bond donors (Lipinski definition) is 2. The van der Waals surface area contributed by atoms with Gasteiger partial charge >= 0.3 is 0 Å². The van der Waals surface area contributed by atoms with Crippen molar-refractivity contribution < 1.29 is 0 Å². The third-order valence-corrected chi connectivity index (χ3v) is 3.60. The van der Waals surface area contributed by atoms with E-state index in [9.17, 15) is 0 Å². The number of aliphatic imine (C=N–C) groups is 1. The van der Waals surface area contributed by atoms with Gasteiger partial charge in [0.05, 0.1) is 6.54 Å². The van der Waals surface area contributed by atoms with E-state index in [1.807, 2.05) is 11.8 Å². The molecule has 0 amide bonds. The third kappa shape index (κ3) is 3.97. The van der Waals surface area contributed by atoms with E-state index in [0.717, 1.165) is 24.8 Å². The lowest BCUT2D eigenvalue weighted by Gasteiger charge is -2.08. The lowest BCUT2D eigenvalue weighted by molar-refractivity contribution is 0.716. The molecule has 0 aromatic heterocycles. The smallest absolute Gasteiger partial charge is 0.191 e. The van der Waals surface area contributed by atoms with Crippen LogP contribution in [-0.2, 0) is 0 Å². The highest BCUT2D eigenvalue weighted by molar-refractivity contribution is 7.99. The molecule has 17 heavy (non-hydrogen) atoms. The second-order valence-corrected chi connectivity index (χ2v) is 5.49. The summed E-state index contributed by atoms with van der Waals surface area (Å²) in [6, 6.07) is 9.13. The molecule has 2 N–H and O–H groups in total. The van der Waals surface area contributed by atoms with Gasteiger partial charge in [-0.3, -0.25) is 4.99 Å². The zero-order valence-electron chi connectivity index (χ0n) is 10.4. The Labute approximate surface area is 107 Å². The molecule has 1 atom stereocenters. The van der Waals surface area contributed by atoms with Crippen molar-refractivity contribution in [3.8, 4) is 0 Å². The summed E-state index contributed by atoms with van der Waals surface area (Å²) >= 11 is 1.87. The lowest BCUT2D eigenvalue weighted by atomic mass is 10.2. The fourth-order valence-corrected chi connectivity index (χ4v) is 2.40. The number of aryl methyl sites for hydroxylation is 1. The average molecular weight is 249 g/mol. The van der Waals surface area contributed by atoms with Gasteiger partial charge in [-0.2, -0.15) is 0 Å². The maximum Gasteiger partial charge on any atom is 0.191 e. The van der Waals surface area contributed by atoms with Crippen molar-refractivity contribution in [2.45, 2.75) is 24.8 Å². The molecule has 0 radical (unpaired) electrons. The number of nitrogens with one attached hydrogen (secondary N) is 2. The van der Waals surface area contributed by atoms with Crippen molar-refractivity contribution in [3.63, 3.8) is 0 Å². The van der Waals surface area contributed by atoms with Crippen molar-refractivity contribution in [3.05, 3.63) is 29.8 Å². The van der Waals surface area contributed by atoms with Crippen LogP contribution >= 0.6 is 11.8 Å². The SMILES string of the molecule is Cc1ccc(SCCNC2=NCC(C)N2)cc1. The minimum Gasteiger partial charge on any atom is -0.356 e. The molecule has 0 saturated heterocycles. The Kier molecular flexibility index (Phi) is 4.31. The average Bonchev–Trinajstić information content (AvgIpc) is 2.73. The second-order valence-electron chi connectivity index (χ2n) is 4.32. The van der Waals surface area contributed by atoms with Gasteiger partial charge in [0.15, 0.2) is 5.96 Å². The van der Waals surface area contributed by atoms with Crippen LogP contribution in [0.25, 0.3) is 0 Å². The first-order valence-electron chi connectivity index (χ1n) is 5.98. The highest BCUT2D eigenvalue weighted by atomic mass is 32.2. The Morgan fingerprint density at radius 3 is 2.82 bits per heavy atom. The summed E-state index contributed by atoms with van der Waals surface area (Å²) in [7, 11) is 0. The van der Waals surface area contributed by atoms with Crippen LogP contribution in [0.2, 0.25) is 0 Å². The largest absolute Gasteiger partial charge is 0.356 e. The highest BCUT2D eigenvalue weighted by Gasteiger charge is 2.10. The predicted octanol–water partition coefficient (Wildman–Crippen LogP) is 2.02. The summed E-state index contributed by atoms with van der Waals surface area (Å²) in [6.07, 6.45) is 0. The summed E-state index contributed by atoms with van der Waals surface area (Å²) in [5.74, 6) is 2.00. The van der Waals surface area contributed by atoms with Gasteiger partial charge in [-0.25, -0.2) is 0 Å². The first-order chi connectivity index (χ1) is 8.24. The van der Waals surface area contributed by atoms with Crippen molar-refractivity contribution in [1.29, 1.82) is 0 Å². The van der Waals surface area contributed by atoms with Crippen LogP contribution in [0.1, 0.15) is 12.5 Å². The zero-order chi connectivity index (χ0) is 12.1. The normalized spacial score (nSPS) is 18.7. The number of benzene rings is 1. The van der Waals surface area contributed by atoms with Crippen molar-refractivity contribution in [2.75, 3.05) is 18.8 Å². The molecule has 1 aromatic rings. The Hall–Kier alpha value is -1.16. The molecule has 0 fully saturated rings. The molecule has 1 heterocycles. The quantitative estimate of drug-likeness (QED) is 0.633. The lowest BCUT2D eigenvalue weighted by Crippen LogP contribution is -2.38. The van der Waals surface area contributed by atoms with Crippen molar-refractivity contribution in [1.82, 2.24) is 10.6 Å². The van der Waals surface area contributed by atoms with E-state index >= 15 is 0 Å². The zero-order valence-corrected chi connectivity index (χ0v) is 11.2. The molecule has 0 spiro atoms. The molecule has 0 bridgehead atoms. The van der Waals surface area contributed by atoms with Gasteiger partial charge in [0, 0.05) is 23.2 Å². The Balaban J connectivity index is 1.65. The number of rotatable bonds is 4. The fraction of sp³-hybridized carbons (Fsp3) is 0.462. The highest BCUT2D eigenvalue weighted by Crippen LogP contribution is 2.17. The molecular weight excluding hydrogens is 230 g/mol. The first kappa shape index (κ1) is 12.3.